The molecule has 1 saturated carbocycles. The molecule has 0 aromatic rings. The SMILES string of the molecule is CSC[C@@]1(O[Si](C)(C)C(C)(C)C)C(=O)[C@@]2(O[Si](C)(C)C(C)(C)C)C=C[C@@H]1C[C@@H]2[N+](=O)[O-]. The van der Waals surface area contributed by atoms with Crippen molar-refractivity contribution in [2.24, 2.45) is 5.92 Å². The smallest absolute Gasteiger partial charge is 0.252 e. The van der Waals surface area contributed by atoms with E-state index >= 15 is 0 Å². The van der Waals surface area contributed by atoms with Crippen molar-refractivity contribution in [3.05, 3.63) is 22.3 Å². The third kappa shape index (κ3) is 4.37. The molecule has 9 heteroatoms. The summed E-state index contributed by atoms with van der Waals surface area (Å²) in [7, 11) is -4.84. The maximum atomic E-state index is 14.4. The molecule has 0 saturated heterocycles. The van der Waals surface area contributed by atoms with Gasteiger partial charge in [0, 0.05) is 23.0 Å². The van der Waals surface area contributed by atoms with E-state index in [9.17, 15) is 14.9 Å². The van der Waals surface area contributed by atoms with Gasteiger partial charge < -0.3 is 8.85 Å². The lowest BCUT2D eigenvalue weighted by Crippen LogP contribution is -2.75. The third-order valence-corrected chi connectivity index (χ3v) is 17.6. The van der Waals surface area contributed by atoms with Crippen molar-refractivity contribution >= 4 is 34.2 Å². The Kier molecular flexibility index (Phi) is 6.97. The van der Waals surface area contributed by atoms with Crippen molar-refractivity contribution in [2.75, 3.05) is 12.0 Å². The second-order valence-electron chi connectivity index (χ2n) is 12.2. The van der Waals surface area contributed by atoms with Gasteiger partial charge in [-0.05, 0) is 48.6 Å². The number of ketones is 1. The number of hydrogen-bond donors (Lipinski definition) is 0. The van der Waals surface area contributed by atoms with Gasteiger partial charge in [-0.25, -0.2) is 0 Å². The fourth-order valence-electron chi connectivity index (χ4n) is 4.05. The summed E-state index contributed by atoms with van der Waals surface area (Å²) in [6.07, 6.45) is 5.89. The summed E-state index contributed by atoms with van der Waals surface area (Å²) in [5.74, 6) is -0.0910. The Balaban J connectivity index is 2.68. The molecule has 2 bridgehead atoms. The van der Waals surface area contributed by atoms with E-state index in [0.717, 1.165) is 0 Å². The van der Waals surface area contributed by atoms with Crippen LogP contribution in [0.4, 0.5) is 0 Å². The molecule has 0 spiro atoms. The molecule has 0 aromatic carbocycles. The van der Waals surface area contributed by atoms with Crippen LogP contribution in [0.5, 0.6) is 0 Å². The minimum Gasteiger partial charge on any atom is -0.403 e. The first-order valence-electron chi connectivity index (χ1n) is 11.0. The van der Waals surface area contributed by atoms with Crippen molar-refractivity contribution in [2.45, 2.75) is 101 Å². The minimum absolute atomic E-state index is 0.0882. The molecule has 0 heterocycles. The normalized spacial score (nSPS) is 31.9. The molecule has 0 unspecified atom stereocenters. The number of nitrogens with zero attached hydrogens (tertiary/aromatic N) is 1. The van der Waals surface area contributed by atoms with Gasteiger partial charge in [-0.2, -0.15) is 11.8 Å². The van der Waals surface area contributed by atoms with E-state index in [4.69, 9.17) is 8.85 Å². The Hall–Kier alpha value is -0.486. The van der Waals surface area contributed by atoms with E-state index < -0.39 is 33.9 Å². The first kappa shape index (κ1) is 26.8. The summed E-state index contributed by atoms with van der Waals surface area (Å²) in [6.45, 7) is 21.1. The molecule has 3 aliphatic rings. The average Bonchev–Trinajstić information content (AvgIpc) is 2.56. The van der Waals surface area contributed by atoms with E-state index in [1.54, 1.807) is 17.8 Å². The van der Waals surface area contributed by atoms with Crippen molar-refractivity contribution in [1.29, 1.82) is 0 Å². The Labute approximate surface area is 194 Å². The number of hydrogen-bond acceptors (Lipinski definition) is 6. The van der Waals surface area contributed by atoms with E-state index in [-0.39, 0.29) is 33.1 Å². The zero-order valence-corrected chi connectivity index (χ0v) is 23.9. The number of carbonyl (C=O) groups is 1. The topological polar surface area (TPSA) is 78.7 Å². The molecule has 178 valence electrons. The monoisotopic (exact) mass is 487 g/mol. The zero-order valence-electron chi connectivity index (χ0n) is 21.1. The molecular formula is C22H41NO5SSi2. The van der Waals surface area contributed by atoms with Crippen LogP contribution in [0.2, 0.25) is 36.3 Å². The van der Waals surface area contributed by atoms with Crippen LogP contribution in [-0.2, 0) is 13.6 Å². The first-order chi connectivity index (χ1) is 13.8. The van der Waals surface area contributed by atoms with E-state index in [0.29, 0.717) is 5.75 Å². The molecule has 0 amide bonds. The van der Waals surface area contributed by atoms with Crippen LogP contribution >= 0.6 is 11.8 Å². The maximum absolute atomic E-state index is 14.4. The summed E-state index contributed by atoms with van der Waals surface area (Å²) in [6, 6.07) is -1.08. The van der Waals surface area contributed by atoms with Crippen LogP contribution in [0.25, 0.3) is 0 Å². The molecule has 31 heavy (non-hydrogen) atoms. The molecule has 3 rings (SSSR count). The van der Waals surface area contributed by atoms with Gasteiger partial charge in [0.2, 0.25) is 11.4 Å². The molecule has 0 aromatic heterocycles. The highest BCUT2D eigenvalue weighted by atomic mass is 32.2. The maximum Gasteiger partial charge on any atom is 0.252 e. The highest BCUT2D eigenvalue weighted by molar-refractivity contribution is 7.98. The van der Waals surface area contributed by atoms with Crippen LogP contribution in [0, 0.1) is 16.0 Å². The number of rotatable bonds is 7. The van der Waals surface area contributed by atoms with Crippen LogP contribution in [0.15, 0.2) is 12.2 Å². The Morgan fingerprint density at radius 2 is 1.58 bits per heavy atom. The molecule has 1 fully saturated rings. The molecule has 4 atom stereocenters. The lowest BCUT2D eigenvalue weighted by atomic mass is 9.61. The number of nitro groups is 1. The number of fused-ring (bicyclic) bond motifs is 2. The van der Waals surface area contributed by atoms with E-state index in [2.05, 4.69) is 54.6 Å². The lowest BCUT2D eigenvalue weighted by molar-refractivity contribution is -0.542. The Bertz CT molecular complexity index is 771. The highest BCUT2D eigenvalue weighted by Gasteiger charge is 2.71. The standard InChI is InChI=1S/C22H41NO5SSi2/c1-19(2,3)30(8,9)27-21-13-12-16(14-17(21)23(25)26)22(15-29-7,18(21)24)28-31(10,11)20(4,5)6/h12-13,16-17H,14-15H2,1-11H3/t16-,17+,21-,22+/m1/s1. The number of thioether (sulfide) groups is 1. The molecule has 3 aliphatic carbocycles. The average molecular weight is 488 g/mol. The fraction of sp³-hybridized carbons (Fsp3) is 0.864. The van der Waals surface area contributed by atoms with Gasteiger partial charge >= 0.3 is 0 Å². The lowest BCUT2D eigenvalue weighted by Gasteiger charge is -2.57. The minimum atomic E-state index is -2.50. The second kappa shape index (κ2) is 8.07. The largest absolute Gasteiger partial charge is 0.403 e. The Morgan fingerprint density at radius 3 is 2.00 bits per heavy atom. The van der Waals surface area contributed by atoms with Gasteiger partial charge in [0.1, 0.15) is 5.60 Å². The predicted octanol–water partition coefficient (Wildman–Crippen LogP) is 5.67. The van der Waals surface area contributed by atoms with Crippen molar-refractivity contribution in [3.8, 4) is 0 Å². The molecule has 0 aliphatic heterocycles. The molecule has 6 nitrogen and oxygen atoms in total. The molecule has 0 N–H and O–H groups in total. The summed E-state index contributed by atoms with van der Waals surface area (Å²) < 4.78 is 13.6. The molecule has 0 radical (unpaired) electrons. The van der Waals surface area contributed by atoms with Crippen molar-refractivity contribution < 1.29 is 18.6 Å². The zero-order chi connectivity index (χ0) is 24.3. The number of Topliss-reactive ketones (excluding diaryl/α,β-unsaturated/α-hetero) is 1. The fourth-order valence-corrected chi connectivity index (χ4v) is 7.97. The predicted molar refractivity (Wildman–Crippen MR) is 133 cm³/mol. The quantitative estimate of drug-likeness (QED) is 0.199. The van der Waals surface area contributed by atoms with Gasteiger partial charge in [-0.3, -0.25) is 14.9 Å². The van der Waals surface area contributed by atoms with Crippen molar-refractivity contribution in [3.63, 3.8) is 0 Å². The summed E-state index contributed by atoms with van der Waals surface area (Å²) in [4.78, 5) is 26.2. The van der Waals surface area contributed by atoms with Crippen molar-refractivity contribution in [1.82, 2.24) is 0 Å². The van der Waals surface area contributed by atoms with Gasteiger partial charge in [0.25, 0.3) is 6.04 Å². The van der Waals surface area contributed by atoms with Crippen LogP contribution in [-0.4, -0.2) is 56.6 Å². The van der Waals surface area contributed by atoms with Crippen LogP contribution < -0.4 is 0 Å². The Morgan fingerprint density at radius 1 is 1.10 bits per heavy atom. The first-order valence-corrected chi connectivity index (χ1v) is 18.3. The van der Waals surface area contributed by atoms with E-state index in [1.165, 1.54) is 0 Å². The van der Waals surface area contributed by atoms with E-state index in [1.807, 2.05) is 25.4 Å². The second-order valence-corrected chi connectivity index (χ2v) is 22.5. The highest BCUT2D eigenvalue weighted by Crippen LogP contribution is 2.54. The van der Waals surface area contributed by atoms with Gasteiger partial charge in [-0.1, -0.05) is 47.6 Å². The van der Waals surface area contributed by atoms with Crippen LogP contribution in [0.3, 0.4) is 0 Å². The van der Waals surface area contributed by atoms with Gasteiger partial charge in [0.15, 0.2) is 16.6 Å². The summed E-state index contributed by atoms with van der Waals surface area (Å²) in [5.41, 5.74) is -2.66. The third-order valence-electron chi connectivity index (χ3n) is 7.97. The summed E-state index contributed by atoms with van der Waals surface area (Å²) in [5, 5.41) is 11.9. The summed E-state index contributed by atoms with van der Waals surface area (Å²) >= 11 is 1.56. The van der Waals surface area contributed by atoms with Gasteiger partial charge in [0.05, 0.1) is 0 Å². The molecular weight excluding hydrogens is 446 g/mol. The number of carbonyl (C=O) groups excluding carboxylic acids is 1. The van der Waals surface area contributed by atoms with Crippen LogP contribution in [0.1, 0.15) is 48.0 Å². The van der Waals surface area contributed by atoms with Gasteiger partial charge in [-0.15, -0.1) is 0 Å².